The summed E-state index contributed by atoms with van der Waals surface area (Å²) in [6.45, 7) is 12.5. The molecule has 196 valence electrons. The van der Waals surface area contributed by atoms with E-state index in [0.717, 1.165) is 12.1 Å². The number of aromatic nitrogens is 3. The first-order chi connectivity index (χ1) is 16.9. The highest BCUT2D eigenvalue weighted by atomic mass is 35.5. The lowest BCUT2D eigenvalue weighted by molar-refractivity contribution is 0.416. The smallest absolute Gasteiger partial charge is 0.263 e. The Balaban J connectivity index is 0.00000154. The molecule has 0 amide bonds. The maximum Gasteiger partial charge on any atom is 0.263 e. The van der Waals surface area contributed by atoms with E-state index in [-0.39, 0.29) is 32.5 Å². The molecule has 1 atom stereocenters. The van der Waals surface area contributed by atoms with Crippen LogP contribution >= 0.6 is 20.8 Å². The van der Waals surface area contributed by atoms with E-state index >= 15 is 4.39 Å². The Labute approximate surface area is 218 Å². The summed E-state index contributed by atoms with van der Waals surface area (Å²) in [5, 5.41) is 9.71. The van der Waals surface area contributed by atoms with Crippen molar-refractivity contribution in [2.24, 2.45) is 0 Å². The van der Waals surface area contributed by atoms with Crippen molar-refractivity contribution in [2.45, 2.75) is 53.4 Å². The van der Waals surface area contributed by atoms with Crippen LogP contribution in [0.1, 0.15) is 52.9 Å². The van der Waals surface area contributed by atoms with Gasteiger partial charge < -0.3 is 5.11 Å². The van der Waals surface area contributed by atoms with E-state index in [1.165, 1.54) is 32.3 Å². The molecule has 1 unspecified atom stereocenters. The zero-order valence-corrected chi connectivity index (χ0v) is 23.8. The molecule has 12 heteroatoms. The Kier molecular flexibility index (Phi) is 11.8. The number of aryl methyl sites for hydroxylation is 1. The molecule has 1 aromatic carbocycles. The Bertz CT molecular complexity index is 1370. The van der Waals surface area contributed by atoms with Gasteiger partial charge in [-0.2, -0.15) is 0 Å². The summed E-state index contributed by atoms with van der Waals surface area (Å²) in [5.41, 5.74) is -0.160. The average Bonchev–Trinajstić information content (AvgIpc) is 2.85. The molecule has 0 saturated carbocycles. The number of halogens is 3. The van der Waals surface area contributed by atoms with Gasteiger partial charge in [0.15, 0.2) is 5.82 Å². The Morgan fingerprint density at radius 2 is 1.69 bits per heavy atom. The molecule has 2 heterocycles. The third-order valence-corrected chi connectivity index (χ3v) is 6.69. The highest BCUT2D eigenvalue weighted by molar-refractivity contribution is 7.92. The van der Waals surface area contributed by atoms with Gasteiger partial charge in [0.2, 0.25) is 0 Å². The van der Waals surface area contributed by atoms with Crippen molar-refractivity contribution in [3.8, 4) is 11.3 Å². The number of nitrogens with one attached hydrogen (secondary N) is 1. The monoisotopic (exact) mass is 558 g/mol. The summed E-state index contributed by atoms with van der Waals surface area (Å²) in [4.78, 5) is 11.9. The molecule has 0 spiro atoms. The summed E-state index contributed by atoms with van der Waals surface area (Å²) in [6.07, 6.45) is 2.54. The van der Waals surface area contributed by atoms with Crippen molar-refractivity contribution in [2.75, 3.05) is 4.72 Å². The summed E-state index contributed by atoms with van der Waals surface area (Å²) in [5.74, 6) is -2.10. The molecular formula is C24H30ClF2N4O3PS. The fourth-order valence-corrected chi connectivity index (χ4v) is 4.63. The predicted molar refractivity (Wildman–Crippen MR) is 145 cm³/mol. The number of nitrogens with zero attached hydrogens (tertiary/aromatic N) is 3. The number of hydrogen-bond donors (Lipinski definition) is 2. The summed E-state index contributed by atoms with van der Waals surface area (Å²) in [6, 6.07) is 3.06. The Hall–Kier alpha value is -2.68. The SMILES string of the molecule is C/C(O)=C(\C)c1cnc(-c2c(F)ccc(NS(=O)(=O)c3cc(Cl)cnc3C)c2F)c(P)n1.CC.CC. The van der Waals surface area contributed by atoms with Crippen LogP contribution in [0.15, 0.2) is 41.2 Å². The van der Waals surface area contributed by atoms with E-state index in [2.05, 4.69) is 28.9 Å². The first-order valence-corrected chi connectivity index (χ1v) is 13.5. The van der Waals surface area contributed by atoms with Gasteiger partial charge in [-0.3, -0.25) is 14.7 Å². The molecule has 36 heavy (non-hydrogen) atoms. The van der Waals surface area contributed by atoms with Crippen molar-refractivity contribution in [1.29, 1.82) is 0 Å². The van der Waals surface area contributed by atoms with Crippen LogP contribution in [0.5, 0.6) is 0 Å². The zero-order chi connectivity index (χ0) is 27.8. The van der Waals surface area contributed by atoms with Crippen molar-refractivity contribution >= 4 is 47.6 Å². The first-order valence-electron chi connectivity index (χ1n) is 11.0. The molecule has 0 fully saturated rings. The lowest BCUT2D eigenvalue weighted by atomic mass is 10.1. The number of aliphatic hydroxyl groups is 1. The van der Waals surface area contributed by atoms with Crippen LogP contribution in [0, 0.1) is 18.6 Å². The van der Waals surface area contributed by atoms with Crippen LogP contribution in [-0.2, 0) is 10.0 Å². The molecule has 3 aromatic rings. The van der Waals surface area contributed by atoms with Gasteiger partial charge >= 0.3 is 0 Å². The molecule has 3 rings (SSSR count). The quantitative estimate of drug-likeness (QED) is 0.276. The number of benzene rings is 1. The van der Waals surface area contributed by atoms with Gasteiger partial charge in [0.05, 0.1) is 45.1 Å². The van der Waals surface area contributed by atoms with Crippen LogP contribution in [0.4, 0.5) is 14.5 Å². The molecule has 0 aliphatic carbocycles. The van der Waals surface area contributed by atoms with Gasteiger partial charge in [0.1, 0.15) is 16.4 Å². The summed E-state index contributed by atoms with van der Waals surface area (Å²) in [7, 11) is -2.04. The van der Waals surface area contributed by atoms with Crippen LogP contribution in [0.25, 0.3) is 16.8 Å². The van der Waals surface area contributed by atoms with Crippen molar-refractivity contribution in [3.63, 3.8) is 0 Å². The first kappa shape index (κ1) is 31.4. The van der Waals surface area contributed by atoms with Gasteiger partial charge in [-0.15, -0.1) is 0 Å². The average molecular weight is 559 g/mol. The predicted octanol–water partition coefficient (Wildman–Crippen LogP) is 6.44. The number of anilines is 1. The van der Waals surface area contributed by atoms with Crippen LogP contribution in [0.3, 0.4) is 0 Å². The number of allylic oxidation sites excluding steroid dienone is 2. The minimum Gasteiger partial charge on any atom is -0.512 e. The third-order valence-electron chi connectivity index (χ3n) is 4.60. The molecule has 2 N–H and O–H groups in total. The summed E-state index contributed by atoms with van der Waals surface area (Å²) >= 11 is 5.84. The number of hydrogen-bond acceptors (Lipinski definition) is 6. The van der Waals surface area contributed by atoms with Crippen LogP contribution in [0.2, 0.25) is 5.02 Å². The van der Waals surface area contributed by atoms with E-state index in [4.69, 9.17) is 11.6 Å². The van der Waals surface area contributed by atoms with Crippen molar-refractivity contribution in [3.05, 3.63) is 64.4 Å². The number of aliphatic hydroxyl groups excluding tert-OH is 1. The number of pyridine rings is 1. The fourth-order valence-electron chi connectivity index (χ4n) is 2.77. The lowest BCUT2D eigenvalue weighted by Gasteiger charge is -2.14. The second-order valence-corrected chi connectivity index (χ2v) is 9.46. The number of rotatable bonds is 5. The van der Waals surface area contributed by atoms with E-state index in [9.17, 15) is 17.9 Å². The zero-order valence-electron chi connectivity index (χ0n) is 21.1. The van der Waals surface area contributed by atoms with Crippen molar-refractivity contribution < 1.29 is 22.3 Å². The molecule has 7 nitrogen and oxygen atoms in total. The third kappa shape index (κ3) is 7.18. The maximum atomic E-state index is 15.3. The minimum absolute atomic E-state index is 0.0241. The van der Waals surface area contributed by atoms with Crippen molar-refractivity contribution in [1.82, 2.24) is 15.0 Å². The van der Waals surface area contributed by atoms with Crippen LogP contribution < -0.4 is 10.2 Å². The Morgan fingerprint density at radius 1 is 1.08 bits per heavy atom. The normalized spacial score (nSPS) is 11.4. The standard InChI is InChI=1S/C20H18ClF2N4O3PS.2C2H6/c1-9(11(3)28)15-8-25-19(20(31)26-15)17-13(22)4-5-14(18(17)23)27-32(29,30)16-6-12(21)7-24-10(16)2;2*1-2/h4-8,27-28H,31H2,1-3H3;2*1-2H3/b11-9-;;. The lowest BCUT2D eigenvalue weighted by Crippen LogP contribution is -2.17. The highest BCUT2D eigenvalue weighted by Crippen LogP contribution is 2.31. The molecule has 0 bridgehead atoms. The van der Waals surface area contributed by atoms with Crippen LogP contribution in [-0.4, -0.2) is 28.5 Å². The molecule has 0 aliphatic heterocycles. The molecule has 0 radical (unpaired) electrons. The molecule has 0 aliphatic rings. The van der Waals surface area contributed by atoms with E-state index < -0.39 is 32.9 Å². The van der Waals surface area contributed by atoms with Gasteiger partial charge in [-0.05, 0) is 39.0 Å². The van der Waals surface area contributed by atoms with Gasteiger partial charge in [0.25, 0.3) is 10.0 Å². The Morgan fingerprint density at radius 3 is 2.25 bits per heavy atom. The molecule has 2 aromatic heterocycles. The fraction of sp³-hybridized carbons (Fsp3) is 0.292. The van der Waals surface area contributed by atoms with E-state index in [1.807, 2.05) is 27.7 Å². The van der Waals surface area contributed by atoms with Gasteiger partial charge in [0, 0.05) is 11.8 Å². The minimum atomic E-state index is -4.27. The topological polar surface area (TPSA) is 105 Å². The van der Waals surface area contributed by atoms with Gasteiger partial charge in [-0.1, -0.05) is 48.5 Å². The second-order valence-electron chi connectivity index (χ2n) is 6.83. The number of sulfonamides is 1. The van der Waals surface area contributed by atoms with E-state index in [0.29, 0.717) is 11.3 Å². The maximum absolute atomic E-state index is 15.3. The largest absolute Gasteiger partial charge is 0.512 e. The second kappa shape index (κ2) is 13.6. The highest BCUT2D eigenvalue weighted by Gasteiger charge is 2.24. The summed E-state index contributed by atoms with van der Waals surface area (Å²) < 4.78 is 57.5. The molecular weight excluding hydrogens is 529 g/mol. The van der Waals surface area contributed by atoms with E-state index in [1.54, 1.807) is 6.92 Å². The van der Waals surface area contributed by atoms with Gasteiger partial charge in [-0.25, -0.2) is 22.2 Å². The molecule has 0 saturated heterocycles.